The lowest BCUT2D eigenvalue weighted by Gasteiger charge is -2.25. The highest BCUT2D eigenvalue weighted by atomic mass is 79.9. The zero-order valence-corrected chi connectivity index (χ0v) is 9.00. The van der Waals surface area contributed by atoms with E-state index in [4.69, 9.17) is 4.74 Å². The van der Waals surface area contributed by atoms with Crippen molar-refractivity contribution in [1.29, 1.82) is 0 Å². The van der Waals surface area contributed by atoms with Crippen LogP contribution >= 0.6 is 15.9 Å². The molecule has 0 atom stereocenters. The minimum Gasteiger partial charge on any atom is -0.489 e. The van der Waals surface area contributed by atoms with Crippen molar-refractivity contribution in [2.24, 2.45) is 0 Å². The number of hydrogen-bond acceptors (Lipinski definition) is 2. The van der Waals surface area contributed by atoms with E-state index in [1.807, 2.05) is 17.0 Å². The van der Waals surface area contributed by atoms with E-state index in [0.717, 1.165) is 21.5 Å². The van der Waals surface area contributed by atoms with E-state index in [2.05, 4.69) is 15.9 Å². The van der Waals surface area contributed by atoms with Crippen LogP contribution in [0.1, 0.15) is 5.56 Å². The van der Waals surface area contributed by atoms with E-state index >= 15 is 0 Å². The first-order valence-electron chi connectivity index (χ1n) is 4.51. The van der Waals surface area contributed by atoms with Crippen LogP contribution in [0.5, 0.6) is 5.75 Å². The molecule has 14 heavy (non-hydrogen) atoms. The number of benzene rings is 1. The molecule has 3 rings (SSSR count). The lowest BCUT2D eigenvalue weighted by molar-refractivity contribution is -0.117. The average molecular weight is 254 g/mol. The van der Waals surface area contributed by atoms with Crippen LogP contribution in [0.15, 0.2) is 16.6 Å². The summed E-state index contributed by atoms with van der Waals surface area (Å²) in [6.45, 7) is 1.27. The van der Waals surface area contributed by atoms with Crippen molar-refractivity contribution in [1.82, 2.24) is 0 Å². The van der Waals surface area contributed by atoms with Gasteiger partial charge in [-0.1, -0.05) is 15.9 Å². The Morgan fingerprint density at radius 3 is 3.14 bits per heavy atom. The molecule has 0 unspecified atom stereocenters. The van der Waals surface area contributed by atoms with Gasteiger partial charge in [-0.25, -0.2) is 0 Å². The Morgan fingerprint density at radius 2 is 2.29 bits per heavy atom. The highest BCUT2D eigenvalue weighted by Gasteiger charge is 2.33. The second kappa shape index (κ2) is 2.73. The number of ether oxygens (including phenoxy) is 1. The molecule has 0 saturated carbocycles. The first-order chi connectivity index (χ1) is 6.75. The fourth-order valence-corrected chi connectivity index (χ4v) is 2.53. The van der Waals surface area contributed by atoms with Gasteiger partial charge in [0, 0.05) is 4.47 Å². The first kappa shape index (κ1) is 8.29. The van der Waals surface area contributed by atoms with Crippen molar-refractivity contribution in [2.45, 2.75) is 6.42 Å². The highest BCUT2D eigenvalue weighted by Crippen LogP contribution is 2.41. The minimum absolute atomic E-state index is 0.183. The Balaban J connectivity index is 2.26. The highest BCUT2D eigenvalue weighted by molar-refractivity contribution is 9.10. The van der Waals surface area contributed by atoms with Crippen LogP contribution in [0.3, 0.4) is 0 Å². The first-order valence-corrected chi connectivity index (χ1v) is 5.30. The van der Waals surface area contributed by atoms with Crippen molar-refractivity contribution in [3.05, 3.63) is 22.2 Å². The standard InChI is InChI=1S/C10H8BrNO2/c11-7-3-6-4-9(13)12-1-2-14-8(5-7)10(6)12/h3,5H,1-2,4H2. The molecule has 0 spiro atoms. The molecule has 4 heteroatoms. The molecule has 1 aromatic rings. The van der Waals surface area contributed by atoms with Gasteiger partial charge in [0.15, 0.2) is 0 Å². The summed E-state index contributed by atoms with van der Waals surface area (Å²) in [5.41, 5.74) is 2.04. The average Bonchev–Trinajstić information content (AvgIpc) is 2.45. The summed E-state index contributed by atoms with van der Waals surface area (Å²) < 4.78 is 6.49. The smallest absolute Gasteiger partial charge is 0.231 e. The molecule has 1 aromatic carbocycles. The monoisotopic (exact) mass is 253 g/mol. The molecule has 2 aliphatic heterocycles. The Bertz CT molecular complexity index is 430. The van der Waals surface area contributed by atoms with Crippen LogP contribution in [0.25, 0.3) is 0 Å². The summed E-state index contributed by atoms with van der Waals surface area (Å²) in [6, 6.07) is 3.91. The number of carbonyl (C=O) groups is 1. The second-order valence-electron chi connectivity index (χ2n) is 3.48. The van der Waals surface area contributed by atoms with Crippen molar-refractivity contribution < 1.29 is 9.53 Å². The van der Waals surface area contributed by atoms with E-state index in [1.165, 1.54) is 0 Å². The molecule has 2 aliphatic rings. The third-order valence-corrected chi connectivity index (χ3v) is 3.06. The SMILES string of the molecule is O=C1Cc2cc(Br)cc3c2N1CCO3. The number of hydrogen-bond donors (Lipinski definition) is 0. The van der Waals surface area contributed by atoms with Gasteiger partial charge in [-0.2, -0.15) is 0 Å². The maximum atomic E-state index is 11.6. The third-order valence-electron chi connectivity index (χ3n) is 2.60. The lowest BCUT2D eigenvalue weighted by Crippen LogP contribution is -2.34. The Labute approximate surface area is 89.8 Å². The quantitative estimate of drug-likeness (QED) is 0.705. The normalized spacial score (nSPS) is 18.1. The summed E-state index contributed by atoms with van der Waals surface area (Å²) >= 11 is 3.41. The Morgan fingerprint density at radius 1 is 1.43 bits per heavy atom. The molecular weight excluding hydrogens is 246 g/mol. The molecule has 0 bridgehead atoms. The van der Waals surface area contributed by atoms with Crippen molar-refractivity contribution in [3.63, 3.8) is 0 Å². The molecule has 72 valence electrons. The summed E-state index contributed by atoms with van der Waals surface area (Å²) in [5.74, 6) is 1.01. The molecule has 3 nitrogen and oxygen atoms in total. The molecule has 0 fully saturated rings. The summed E-state index contributed by atoms with van der Waals surface area (Å²) in [5, 5.41) is 0. The van der Waals surface area contributed by atoms with E-state index in [1.54, 1.807) is 0 Å². The number of carbonyl (C=O) groups excluding carboxylic acids is 1. The molecule has 2 heterocycles. The summed E-state index contributed by atoms with van der Waals surface area (Å²) in [7, 11) is 0. The molecule has 0 N–H and O–H groups in total. The zero-order valence-electron chi connectivity index (χ0n) is 7.42. The van der Waals surface area contributed by atoms with Crippen LogP contribution in [0.2, 0.25) is 0 Å². The number of anilines is 1. The van der Waals surface area contributed by atoms with Crippen molar-refractivity contribution in [3.8, 4) is 5.75 Å². The largest absolute Gasteiger partial charge is 0.489 e. The van der Waals surface area contributed by atoms with E-state index in [0.29, 0.717) is 19.6 Å². The topological polar surface area (TPSA) is 29.5 Å². The minimum atomic E-state index is 0.183. The van der Waals surface area contributed by atoms with Crippen molar-refractivity contribution in [2.75, 3.05) is 18.1 Å². The molecule has 0 aliphatic carbocycles. The third kappa shape index (κ3) is 1.00. The fourth-order valence-electron chi connectivity index (χ4n) is 2.05. The van der Waals surface area contributed by atoms with Gasteiger partial charge in [0.2, 0.25) is 5.91 Å². The Kier molecular flexibility index (Phi) is 1.62. The zero-order chi connectivity index (χ0) is 9.71. The molecule has 0 radical (unpaired) electrons. The maximum Gasteiger partial charge on any atom is 0.231 e. The number of nitrogens with zero attached hydrogens (tertiary/aromatic N) is 1. The molecule has 0 aromatic heterocycles. The predicted octanol–water partition coefficient (Wildman–Crippen LogP) is 1.73. The second-order valence-corrected chi connectivity index (χ2v) is 4.40. The number of rotatable bonds is 0. The van der Waals surface area contributed by atoms with E-state index in [-0.39, 0.29) is 5.91 Å². The number of amides is 1. The van der Waals surface area contributed by atoms with Crippen LogP contribution < -0.4 is 9.64 Å². The van der Waals surface area contributed by atoms with Gasteiger partial charge in [-0.3, -0.25) is 4.79 Å². The van der Waals surface area contributed by atoms with Crippen LogP contribution in [-0.4, -0.2) is 19.1 Å². The molecular formula is C10H8BrNO2. The van der Waals surface area contributed by atoms with Gasteiger partial charge in [-0.05, 0) is 17.7 Å². The van der Waals surface area contributed by atoms with Gasteiger partial charge in [0.25, 0.3) is 0 Å². The van der Waals surface area contributed by atoms with E-state index < -0.39 is 0 Å². The number of halogens is 1. The molecule has 1 amide bonds. The Hall–Kier alpha value is -1.03. The van der Waals surface area contributed by atoms with Crippen LogP contribution in [0.4, 0.5) is 5.69 Å². The molecule has 0 saturated heterocycles. The van der Waals surface area contributed by atoms with Crippen LogP contribution in [0, 0.1) is 0 Å². The van der Waals surface area contributed by atoms with Gasteiger partial charge in [0.1, 0.15) is 12.4 Å². The maximum absolute atomic E-state index is 11.6. The van der Waals surface area contributed by atoms with Gasteiger partial charge in [-0.15, -0.1) is 0 Å². The van der Waals surface area contributed by atoms with Gasteiger partial charge < -0.3 is 9.64 Å². The van der Waals surface area contributed by atoms with E-state index in [9.17, 15) is 4.79 Å². The summed E-state index contributed by atoms with van der Waals surface area (Å²) in [6.07, 6.45) is 0.505. The predicted molar refractivity (Wildman–Crippen MR) is 55.7 cm³/mol. The summed E-state index contributed by atoms with van der Waals surface area (Å²) in [4.78, 5) is 13.4. The van der Waals surface area contributed by atoms with Gasteiger partial charge in [0.05, 0.1) is 18.7 Å². The van der Waals surface area contributed by atoms with Crippen molar-refractivity contribution >= 4 is 27.5 Å². The lowest BCUT2D eigenvalue weighted by atomic mass is 10.1. The van der Waals surface area contributed by atoms with Crippen LogP contribution in [-0.2, 0) is 11.2 Å². The van der Waals surface area contributed by atoms with Gasteiger partial charge >= 0.3 is 0 Å². The fraction of sp³-hybridized carbons (Fsp3) is 0.300.